The number of thiophene rings is 1. The van der Waals surface area contributed by atoms with Gasteiger partial charge in [0.25, 0.3) is 0 Å². The summed E-state index contributed by atoms with van der Waals surface area (Å²) >= 11 is 13.4. The van der Waals surface area contributed by atoms with E-state index < -0.39 is 0 Å². The molecule has 1 aromatic rings. The van der Waals surface area contributed by atoms with Crippen LogP contribution in [0.25, 0.3) is 0 Å². The quantitative estimate of drug-likeness (QED) is 0.477. The summed E-state index contributed by atoms with van der Waals surface area (Å²) in [4.78, 5) is 0.873. The Labute approximate surface area is 82.9 Å². The molecule has 0 atom stereocenters. The van der Waals surface area contributed by atoms with E-state index in [4.69, 9.17) is 28.6 Å². The molecule has 1 heterocycles. The molecule has 1 rings (SSSR count). The van der Waals surface area contributed by atoms with E-state index in [9.17, 15) is 0 Å². The van der Waals surface area contributed by atoms with Gasteiger partial charge in [0, 0.05) is 34.0 Å². The number of hydrogen-bond acceptors (Lipinski definition) is 4. The SMILES string of the molecule is Cc1c(SN(O)Cl)csc1Cl. The van der Waals surface area contributed by atoms with Gasteiger partial charge in [0.1, 0.15) is 0 Å². The first-order chi connectivity index (χ1) is 5.11. The molecule has 11 heavy (non-hydrogen) atoms. The van der Waals surface area contributed by atoms with Crippen LogP contribution in [0.2, 0.25) is 4.34 Å². The summed E-state index contributed by atoms with van der Waals surface area (Å²) in [7, 11) is 0. The predicted octanol–water partition coefficient (Wildman–Crippen LogP) is 3.56. The second kappa shape index (κ2) is 3.98. The minimum Gasteiger partial charge on any atom is -0.288 e. The Bertz CT molecular complexity index is 251. The van der Waals surface area contributed by atoms with Gasteiger partial charge in [-0.15, -0.1) is 11.3 Å². The standard InChI is InChI=1S/C5H5Cl2NOS2/c1-3-4(11-8(7)9)2-10-5(3)6/h2,9H,1H3. The normalized spacial score (nSPS) is 11.0. The molecular formula is C5H5Cl2NOS2. The third-order valence-electron chi connectivity index (χ3n) is 1.11. The van der Waals surface area contributed by atoms with Gasteiger partial charge >= 0.3 is 0 Å². The lowest BCUT2D eigenvalue weighted by Gasteiger charge is -2.01. The largest absolute Gasteiger partial charge is 0.288 e. The third kappa shape index (κ3) is 2.50. The highest BCUT2D eigenvalue weighted by atomic mass is 35.5. The predicted molar refractivity (Wildman–Crippen MR) is 49.4 cm³/mol. The first-order valence-electron chi connectivity index (χ1n) is 2.67. The van der Waals surface area contributed by atoms with E-state index in [1.54, 1.807) is 0 Å². The van der Waals surface area contributed by atoms with Gasteiger partial charge in [-0.1, -0.05) is 11.6 Å². The highest BCUT2D eigenvalue weighted by molar-refractivity contribution is 7.97. The summed E-state index contributed by atoms with van der Waals surface area (Å²) in [6.07, 6.45) is 0. The maximum absolute atomic E-state index is 8.66. The molecule has 0 aliphatic carbocycles. The van der Waals surface area contributed by atoms with Crippen molar-refractivity contribution in [1.82, 2.24) is 3.99 Å². The minimum absolute atomic E-state index is 0.533. The molecule has 0 fully saturated rings. The molecule has 0 radical (unpaired) electrons. The summed E-state index contributed by atoms with van der Waals surface area (Å²) in [5, 5.41) is 10.5. The van der Waals surface area contributed by atoms with Crippen molar-refractivity contribution in [3.8, 4) is 0 Å². The molecule has 0 saturated heterocycles. The smallest absolute Gasteiger partial charge is 0.0969 e. The number of nitrogens with zero attached hydrogens (tertiary/aromatic N) is 1. The Balaban J connectivity index is 2.79. The van der Waals surface area contributed by atoms with Crippen molar-refractivity contribution < 1.29 is 5.21 Å². The van der Waals surface area contributed by atoms with Gasteiger partial charge in [-0.2, -0.15) is 0 Å². The van der Waals surface area contributed by atoms with Crippen LogP contribution in [0, 0.1) is 6.92 Å². The van der Waals surface area contributed by atoms with E-state index in [1.165, 1.54) is 11.3 Å². The van der Waals surface area contributed by atoms with E-state index >= 15 is 0 Å². The summed E-state index contributed by atoms with van der Waals surface area (Å²) in [5.41, 5.74) is 0.946. The highest BCUT2D eigenvalue weighted by Crippen LogP contribution is 2.35. The average molecular weight is 230 g/mol. The van der Waals surface area contributed by atoms with E-state index in [0.717, 1.165) is 26.7 Å². The number of halogens is 2. The highest BCUT2D eigenvalue weighted by Gasteiger charge is 2.08. The molecule has 0 spiro atoms. The fraction of sp³-hybridized carbons (Fsp3) is 0.200. The average Bonchev–Trinajstić information content (AvgIpc) is 2.18. The molecule has 0 aliphatic rings. The van der Waals surface area contributed by atoms with E-state index in [2.05, 4.69) is 0 Å². The zero-order chi connectivity index (χ0) is 8.43. The van der Waals surface area contributed by atoms with Crippen molar-refractivity contribution in [2.45, 2.75) is 11.8 Å². The van der Waals surface area contributed by atoms with Crippen LogP contribution < -0.4 is 0 Å². The lowest BCUT2D eigenvalue weighted by molar-refractivity contribution is 0.114. The van der Waals surface area contributed by atoms with Crippen molar-refractivity contribution >= 4 is 46.7 Å². The molecule has 0 amide bonds. The van der Waals surface area contributed by atoms with Gasteiger partial charge in [0.05, 0.1) is 4.34 Å². The van der Waals surface area contributed by atoms with Crippen LogP contribution in [0.3, 0.4) is 0 Å². The molecule has 62 valence electrons. The fourth-order valence-electron chi connectivity index (χ4n) is 0.550. The van der Waals surface area contributed by atoms with Crippen LogP contribution in [0.15, 0.2) is 10.3 Å². The fourth-order valence-corrected chi connectivity index (χ4v) is 2.52. The van der Waals surface area contributed by atoms with Crippen molar-refractivity contribution in [2.75, 3.05) is 0 Å². The monoisotopic (exact) mass is 229 g/mol. The summed E-state index contributed by atoms with van der Waals surface area (Å²) in [6, 6.07) is 0. The van der Waals surface area contributed by atoms with Gasteiger partial charge in [0.2, 0.25) is 0 Å². The van der Waals surface area contributed by atoms with Crippen LogP contribution in [-0.4, -0.2) is 9.19 Å². The lowest BCUT2D eigenvalue weighted by atomic mass is 10.4. The van der Waals surface area contributed by atoms with Crippen molar-refractivity contribution in [3.63, 3.8) is 0 Å². The van der Waals surface area contributed by atoms with Crippen LogP contribution in [0.4, 0.5) is 0 Å². The Hall–Kier alpha value is 0.550. The lowest BCUT2D eigenvalue weighted by Crippen LogP contribution is -1.90. The van der Waals surface area contributed by atoms with Crippen LogP contribution in [0.1, 0.15) is 5.56 Å². The van der Waals surface area contributed by atoms with E-state index in [1.807, 2.05) is 12.3 Å². The second-order valence-electron chi connectivity index (χ2n) is 1.82. The molecule has 1 N–H and O–H groups in total. The maximum Gasteiger partial charge on any atom is 0.0969 e. The topological polar surface area (TPSA) is 23.5 Å². The number of hydrogen-bond donors (Lipinski definition) is 1. The van der Waals surface area contributed by atoms with Crippen molar-refractivity contribution in [2.24, 2.45) is 0 Å². The Kier molecular flexibility index (Phi) is 3.49. The zero-order valence-corrected chi connectivity index (χ0v) is 8.69. The minimum atomic E-state index is 0.533. The molecule has 0 bridgehead atoms. The summed E-state index contributed by atoms with van der Waals surface area (Å²) in [5.74, 6) is 0. The summed E-state index contributed by atoms with van der Waals surface area (Å²) in [6.45, 7) is 1.88. The van der Waals surface area contributed by atoms with Crippen molar-refractivity contribution in [3.05, 3.63) is 15.3 Å². The van der Waals surface area contributed by atoms with Crippen molar-refractivity contribution in [1.29, 1.82) is 0 Å². The second-order valence-corrected chi connectivity index (χ2v) is 4.79. The molecule has 6 heteroatoms. The van der Waals surface area contributed by atoms with Crippen LogP contribution >= 0.6 is 46.7 Å². The Morgan fingerprint density at radius 1 is 1.73 bits per heavy atom. The Morgan fingerprint density at radius 2 is 2.36 bits per heavy atom. The molecule has 2 nitrogen and oxygen atoms in total. The van der Waals surface area contributed by atoms with Gasteiger partial charge in [-0.3, -0.25) is 5.21 Å². The van der Waals surface area contributed by atoms with Gasteiger partial charge in [-0.25, -0.2) is 0 Å². The van der Waals surface area contributed by atoms with Crippen LogP contribution in [-0.2, 0) is 0 Å². The first kappa shape index (κ1) is 9.64. The molecule has 0 aromatic carbocycles. The zero-order valence-electron chi connectivity index (χ0n) is 5.54. The maximum atomic E-state index is 8.66. The van der Waals surface area contributed by atoms with Gasteiger partial charge in [-0.05, 0) is 16.5 Å². The molecule has 1 aromatic heterocycles. The van der Waals surface area contributed by atoms with E-state index in [0.29, 0.717) is 3.99 Å². The first-order valence-corrected chi connectivity index (χ1v) is 5.04. The molecule has 0 unspecified atom stereocenters. The van der Waals surface area contributed by atoms with Gasteiger partial charge in [0.15, 0.2) is 0 Å². The summed E-state index contributed by atoms with van der Waals surface area (Å²) < 4.78 is 1.26. The van der Waals surface area contributed by atoms with E-state index in [-0.39, 0.29) is 0 Å². The van der Waals surface area contributed by atoms with Gasteiger partial charge < -0.3 is 0 Å². The van der Waals surface area contributed by atoms with Crippen LogP contribution in [0.5, 0.6) is 0 Å². The molecular weight excluding hydrogens is 225 g/mol. The molecule has 0 saturated carbocycles. The molecule has 0 aliphatic heterocycles. The number of rotatable bonds is 2. The Morgan fingerprint density at radius 3 is 2.73 bits per heavy atom. The third-order valence-corrected chi connectivity index (χ3v) is 3.65.